The number of aromatic amines is 2. The molecule has 0 aliphatic carbocycles. The fraction of sp³-hybridized carbons (Fsp3) is 0.624. The van der Waals surface area contributed by atoms with Gasteiger partial charge in [-0.1, -0.05) is 204 Å². The van der Waals surface area contributed by atoms with E-state index in [2.05, 4.69) is 59.1 Å². The largest absolute Gasteiger partial charge is 0.468 e. The Morgan fingerprint density at radius 3 is 1.75 bits per heavy atom. The first kappa shape index (κ1) is 105. The van der Waals surface area contributed by atoms with Crippen LogP contribution < -0.4 is 60.2 Å². The fourth-order valence-electron chi connectivity index (χ4n) is 16.3. The normalized spacial score (nSPS) is 14.8. The first-order valence-corrected chi connectivity index (χ1v) is 48.3. The van der Waals surface area contributed by atoms with E-state index in [-0.39, 0.29) is 139 Å². The van der Waals surface area contributed by atoms with Gasteiger partial charge in [-0.05, 0) is 120 Å². The minimum absolute atomic E-state index is 0.000959. The molecule has 692 valence electrons. The molecule has 1 saturated heterocycles. The Kier molecular flexibility index (Phi) is 51.1. The molecule has 30 nitrogen and oxygen atoms in total. The molecule has 32 heteroatoms. The predicted octanol–water partition coefficient (Wildman–Crippen LogP) is 9.25. The van der Waals surface area contributed by atoms with Gasteiger partial charge in [-0.2, -0.15) is 0 Å². The summed E-state index contributed by atoms with van der Waals surface area (Å²) in [6.07, 6.45) is 24.3. The van der Waals surface area contributed by atoms with Gasteiger partial charge in [-0.15, -0.1) is 0 Å². The molecule has 0 saturated carbocycles. The van der Waals surface area contributed by atoms with Gasteiger partial charge in [0.25, 0.3) is 6.47 Å². The summed E-state index contributed by atoms with van der Waals surface area (Å²) in [5.74, 6) is -9.64. The molecule has 1 aliphatic heterocycles. The van der Waals surface area contributed by atoms with Crippen LogP contribution in [0.2, 0.25) is 0 Å². The van der Waals surface area contributed by atoms with Crippen molar-refractivity contribution in [2.75, 3.05) is 64.4 Å². The smallest absolute Gasteiger partial charge is 0.293 e. The van der Waals surface area contributed by atoms with Gasteiger partial charge in [0, 0.05) is 136 Å². The van der Waals surface area contributed by atoms with Crippen LogP contribution in [-0.4, -0.2) is 208 Å². The van der Waals surface area contributed by atoms with Crippen LogP contribution >= 0.6 is 21.6 Å². The van der Waals surface area contributed by atoms with Crippen molar-refractivity contribution in [2.24, 2.45) is 46.6 Å². The van der Waals surface area contributed by atoms with E-state index in [0.717, 1.165) is 35.7 Å². The van der Waals surface area contributed by atoms with Crippen molar-refractivity contribution >= 4 is 103 Å². The van der Waals surface area contributed by atoms with Crippen LogP contribution in [0.15, 0.2) is 104 Å². The van der Waals surface area contributed by atoms with Crippen molar-refractivity contribution in [3.63, 3.8) is 0 Å². The maximum atomic E-state index is 15.8. The van der Waals surface area contributed by atoms with E-state index in [1.807, 2.05) is 104 Å². The number of aliphatic hydroxyl groups excluding tert-OH is 1. The van der Waals surface area contributed by atoms with Gasteiger partial charge >= 0.3 is 0 Å². The minimum atomic E-state index is -1.43. The number of ether oxygens (including phenoxy) is 1. The fourth-order valence-corrected chi connectivity index (χ4v) is 17.6. The van der Waals surface area contributed by atoms with Crippen LogP contribution in [0.4, 0.5) is 0 Å². The quantitative estimate of drug-likeness (QED) is 0.00746. The zero-order valence-electron chi connectivity index (χ0n) is 74.2. The Bertz CT molecular complexity index is 3970. The number of piperidine rings is 1. The second-order valence-corrected chi connectivity index (χ2v) is 35.9. The van der Waals surface area contributed by atoms with E-state index >= 15 is 28.8 Å². The number of unbranched alkanes of at least 4 members (excludes halogenated alkanes) is 16. The third-order valence-electron chi connectivity index (χ3n) is 23.3. The molecule has 2 aromatic heterocycles. The van der Waals surface area contributed by atoms with Crippen molar-refractivity contribution in [2.45, 2.75) is 281 Å². The highest BCUT2D eigenvalue weighted by Gasteiger charge is 2.42. The number of amides is 7. The molecular weight excluding hydrogens is 1630 g/mol. The number of rotatable bonds is 69. The predicted molar refractivity (Wildman–Crippen MR) is 491 cm³/mol. The summed E-state index contributed by atoms with van der Waals surface area (Å²) in [5, 5.41) is 32.4. The Hall–Kier alpha value is -8.73. The highest BCUT2D eigenvalue weighted by Crippen LogP contribution is 2.33. The lowest BCUT2D eigenvalue weighted by Crippen LogP contribution is -2.56. The van der Waals surface area contributed by atoms with Crippen LogP contribution in [0, 0.1) is 23.7 Å². The van der Waals surface area contributed by atoms with Gasteiger partial charge in [0.2, 0.25) is 41.4 Å². The molecule has 3 heterocycles. The summed E-state index contributed by atoms with van der Waals surface area (Å²) in [6.45, 7) is 7.30. The van der Waals surface area contributed by atoms with Gasteiger partial charge in [-0.25, -0.2) is 4.98 Å². The van der Waals surface area contributed by atoms with Crippen molar-refractivity contribution in [1.82, 2.24) is 62.0 Å². The van der Waals surface area contributed by atoms with E-state index in [1.165, 1.54) is 112 Å². The first-order valence-electron chi connectivity index (χ1n) is 45.6. The van der Waals surface area contributed by atoms with E-state index in [9.17, 15) is 33.9 Å². The molecule has 9 unspecified atom stereocenters. The van der Waals surface area contributed by atoms with Crippen molar-refractivity contribution in [1.29, 1.82) is 0 Å². The molecule has 125 heavy (non-hydrogen) atoms. The third-order valence-corrected chi connectivity index (χ3v) is 25.1. The Morgan fingerprint density at radius 1 is 0.600 bits per heavy atom. The lowest BCUT2D eigenvalue weighted by Gasteiger charge is -2.38. The molecule has 7 amide bonds. The summed E-state index contributed by atoms with van der Waals surface area (Å²) in [7, 11) is 2.69. The number of aliphatic hydroxyl groups is 1. The number of nitrogens with zero attached hydrogens (tertiary/aromatic N) is 3. The van der Waals surface area contributed by atoms with Gasteiger partial charge in [-0.3, -0.25) is 68.2 Å². The third kappa shape index (κ3) is 40.0. The molecule has 0 bridgehead atoms. The number of Topliss-reactive ketones (excluding diaryl/α,β-unsaturated/α-hetero) is 4. The van der Waals surface area contributed by atoms with E-state index in [0.29, 0.717) is 81.3 Å². The average Bonchev–Trinajstić information content (AvgIpc) is 1.72. The molecular formula is C93H144N16O14S2. The maximum Gasteiger partial charge on any atom is 0.293 e. The summed E-state index contributed by atoms with van der Waals surface area (Å²) >= 11 is 0. The summed E-state index contributed by atoms with van der Waals surface area (Å²) in [6, 6.07) is 21.0. The number of benzene rings is 3. The number of likely N-dealkylation sites (N-methyl/N-ethyl adjacent to an activating group) is 1. The topological polar surface area (TPSA) is 474 Å². The minimum Gasteiger partial charge on any atom is -0.468 e. The number of nitrogens with two attached hydrogens (primary N) is 4. The van der Waals surface area contributed by atoms with Crippen molar-refractivity contribution in [3.05, 3.63) is 126 Å². The zero-order valence-corrected chi connectivity index (χ0v) is 75.9. The van der Waals surface area contributed by atoms with Crippen LogP contribution in [0.3, 0.4) is 0 Å². The Balaban J connectivity index is 1.14. The number of hydrogen-bond acceptors (Lipinski definition) is 23. The summed E-state index contributed by atoms with van der Waals surface area (Å²) in [5.41, 5.74) is 27.0. The van der Waals surface area contributed by atoms with Crippen LogP contribution in [0.5, 0.6) is 0 Å². The number of H-pyrrole nitrogens is 2. The molecule has 6 rings (SSSR count). The number of likely N-dealkylation sites (tertiary alicyclic amines) is 1. The average molecular weight is 1770 g/mol. The molecule has 0 radical (unpaired) electrons. The van der Waals surface area contributed by atoms with E-state index < -0.39 is 120 Å². The van der Waals surface area contributed by atoms with Crippen molar-refractivity contribution < 1.29 is 67.4 Å². The molecule has 1 fully saturated rings. The van der Waals surface area contributed by atoms with Crippen LogP contribution in [0.25, 0.3) is 10.9 Å². The highest BCUT2D eigenvalue weighted by molar-refractivity contribution is 8.76. The first-order chi connectivity index (χ1) is 60.4. The number of fused-ring (bicyclic) bond motifs is 1. The number of imidazole rings is 1. The lowest BCUT2D eigenvalue weighted by molar-refractivity contribution is -0.141. The second kappa shape index (κ2) is 60.9. The van der Waals surface area contributed by atoms with Crippen LogP contribution in [0.1, 0.15) is 248 Å². The maximum absolute atomic E-state index is 15.8. The van der Waals surface area contributed by atoms with Gasteiger partial charge < -0.3 is 79.1 Å². The molecule has 1 aliphatic rings. The van der Waals surface area contributed by atoms with E-state index in [1.54, 1.807) is 9.80 Å². The summed E-state index contributed by atoms with van der Waals surface area (Å²) in [4.78, 5) is 184. The van der Waals surface area contributed by atoms with Gasteiger partial charge in [0.05, 0.1) is 43.6 Å². The second-order valence-electron chi connectivity index (χ2n) is 33.3. The molecule has 0 spiro atoms. The number of carbonyl (C=O) groups excluding carboxylic acids is 12. The number of ketones is 4. The summed E-state index contributed by atoms with van der Waals surface area (Å²) < 4.78 is 4.71. The van der Waals surface area contributed by atoms with E-state index in [4.69, 9.17) is 27.7 Å². The SMILES string of the molecule is CCCCCCCCCCCCCCCCNC(=O)CN(CC)C(=O)CCCCCCC(=O)C(Cc1c[nH]c2ccccc12)NC(=O)C(CCCNC(N)N)CC(=O)C(CSSC)NC(=O)C(CCCNC(N)N)CC(=O)C1CCCN(C(=O)C(NC(=O)C(CC(=O)C(NC(=O)CCCOC=O)C(C)O)Cc2cnc[nH]2)C(c2ccccc2)c2ccccc2)C1. The molecule has 9 atom stereocenters. The number of nitrogens with one attached hydrogen (secondary N) is 9. The lowest BCUT2D eigenvalue weighted by atomic mass is 9.82. The number of carbonyl (C=O) groups is 12. The molecule has 3 aromatic carbocycles. The Labute approximate surface area is 747 Å². The van der Waals surface area contributed by atoms with Crippen LogP contribution in [-0.2, 0) is 75.1 Å². The zero-order chi connectivity index (χ0) is 90.5. The number of para-hydroxylation sites is 1. The molecule has 18 N–H and O–H groups in total. The molecule has 5 aromatic rings. The highest BCUT2D eigenvalue weighted by atomic mass is 33.1. The Morgan fingerprint density at radius 2 is 1.17 bits per heavy atom. The standard InChI is InChI=1S/C93H144N16O14S2/c1-5-7-8-9-10-11-12-13-14-15-16-17-20-31-48-99-83(117)61-108(6-2)84(118)47-28-19-18-27-45-78(112)76(54-72-58-102-75-44-30-29-43-74(72)75)104-88(119)69(41-33-50-101-93(96)97)56-80(114)77(62-125-124-4)105-89(120)68(40-32-49-100-92(94)95)55-79(113)70-42-34-51-109(60-70)91(122)87(85(66-36-23-21-24-37-66)67-38-25-22-26-39-67)107-90(121)71(53-73-59-98-63-103-73)57-81(115)86(65(3)111)106-82(116)46-35-52-123-64-110/h21-26,29-30,36-39,43-44,58-59,63-65,68-71,76-77,85-87,92-93,100-102,111H,5-20,27-28,31-35,40-42,45-57,60-62,94-97H2,1-4H3,(H,98,103)(H,99,117)(H,104,119)(H,105,120)(H,106,116)(H,107,121). The number of aromatic nitrogens is 3. The van der Waals surface area contributed by atoms with Gasteiger partial charge in [0.1, 0.15) is 30.4 Å². The number of hydrogen-bond donors (Lipinski definition) is 14. The van der Waals surface area contributed by atoms with Gasteiger partial charge in [0.15, 0.2) is 17.3 Å². The van der Waals surface area contributed by atoms with Crippen molar-refractivity contribution in [3.8, 4) is 0 Å². The monoisotopic (exact) mass is 1770 g/mol.